The maximum atomic E-state index is 12.9. The number of phenols is 1. The molecule has 6 nitrogen and oxygen atoms in total. The second-order valence-corrected chi connectivity index (χ2v) is 8.63. The number of likely N-dealkylation sites (tertiary alicyclic amines) is 1. The second-order valence-electron chi connectivity index (χ2n) is 8.63. The number of fused-ring (bicyclic) bond motifs is 1. The molecule has 2 aromatic rings. The first-order valence-corrected chi connectivity index (χ1v) is 10.6. The molecule has 31 heavy (non-hydrogen) atoms. The number of phenolic OH excluding ortho intramolecular Hbond substituents is 1. The zero-order valence-corrected chi connectivity index (χ0v) is 18.1. The number of aromatic hydroxyl groups is 1. The molecule has 4 rings (SSSR count). The van der Waals surface area contributed by atoms with E-state index in [4.69, 9.17) is 9.47 Å². The van der Waals surface area contributed by atoms with E-state index < -0.39 is 5.97 Å². The maximum absolute atomic E-state index is 12.9. The van der Waals surface area contributed by atoms with Crippen LogP contribution >= 0.6 is 0 Å². The average Bonchev–Trinajstić information content (AvgIpc) is 3.05. The molecule has 2 aliphatic rings. The Bertz CT molecular complexity index is 1030. The van der Waals surface area contributed by atoms with Crippen molar-refractivity contribution >= 4 is 17.8 Å². The summed E-state index contributed by atoms with van der Waals surface area (Å²) in [6.45, 7) is 6.93. The number of benzene rings is 2. The molecule has 2 heterocycles. The summed E-state index contributed by atoms with van der Waals surface area (Å²) in [5, 5.41) is 10.5. The Morgan fingerprint density at radius 2 is 1.84 bits per heavy atom. The van der Waals surface area contributed by atoms with E-state index in [0.717, 1.165) is 18.7 Å². The van der Waals surface area contributed by atoms with E-state index in [0.29, 0.717) is 40.8 Å². The third-order valence-electron chi connectivity index (χ3n) is 5.87. The van der Waals surface area contributed by atoms with Crippen molar-refractivity contribution in [2.75, 3.05) is 20.2 Å². The minimum Gasteiger partial charge on any atom is -0.507 e. The summed E-state index contributed by atoms with van der Waals surface area (Å²) in [5.74, 6) is 1.33. The molecule has 0 radical (unpaired) electrons. The van der Waals surface area contributed by atoms with Gasteiger partial charge in [0.1, 0.15) is 11.5 Å². The fourth-order valence-corrected chi connectivity index (χ4v) is 4.58. The number of ether oxygens (including phenoxy) is 2. The summed E-state index contributed by atoms with van der Waals surface area (Å²) in [7, 11) is 1.33. The van der Waals surface area contributed by atoms with E-state index in [1.54, 1.807) is 42.5 Å². The highest BCUT2D eigenvalue weighted by atomic mass is 16.5. The van der Waals surface area contributed by atoms with Gasteiger partial charge in [-0.25, -0.2) is 4.79 Å². The van der Waals surface area contributed by atoms with Crippen LogP contribution in [0.4, 0.5) is 0 Å². The van der Waals surface area contributed by atoms with Gasteiger partial charge in [-0.2, -0.15) is 0 Å². The third kappa shape index (κ3) is 4.35. The van der Waals surface area contributed by atoms with Gasteiger partial charge in [-0.3, -0.25) is 9.69 Å². The Hall–Kier alpha value is -3.12. The van der Waals surface area contributed by atoms with Gasteiger partial charge >= 0.3 is 5.97 Å². The predicted octanol–water partition coefficient (Wildman–Crippen LogP) is 4.27. The summed E-state index contributed by atoms with van der Waals surface area (Å²) >= 11 is 0. The molecule has 0 unspecified atom stereocenters. The smallest absolute Gasteiger partial charge is 0.337 e. The summed E-state index contributed by atoms with van der Waals surface area (Å²) in [6.07, 6.45) is 2.85. The number of piperidine rings is 1. The van der Waals surface area contributed by atoms with Crippen molar-refractivity contribution < 1.29 is 24.2 Å². The van der Waals surface area contributed by atoms with Crippen LogP contribution in [0.25, 0.3) is 6.08 Å². The van der Waals surface area contributed by atoms with E-state index in [9.17, 15) is 14.7 Å². The van der Waals surface area contributed by atoms with Crippen molar-refractivity contribution in [3.05, 3.63) is 64.4 Å². The first-order chi connectivity index (χ1) is 14.9. The second kappa shape index (κ2) is 8.55. The zero-order chi connectivity index (χ0) is 22.1. The first kappa shape index (κ1) is 21.1. The van der Waals surface area contributed by atoms with Gasteiger partial charge in [0.2, 0.25) is 5.78 Å². The highest BCUT2D eigenvalue weighted by molar-refractivity contribution is 6.15. The number of methoxy groups -OCH3 is 1. The summed E-state index contributed by atoms with van der Waals surface area (Å²) in [5.41, 5.74) is 2.27. The van der Waals surface area contributed by atoms with Crippen LogP contribution in [0, 0.1) is 11.8 Å². The SMILES string of the molecule is COC(=O)c1ccc(C=C2Oc3c(ccc(O)c3CN3C[C@@H](C)C[C@H](C)C3)C2=O)cc1. The van der Waals surface area contributed by atoms with Gasteiger partial charge in [0.05, 0.1) is 23.8 Å². The van der Waals surface area contributed by atoms with Crippen LogP contribution in [0.1, 0.15) is 52.1 Å². The fourth-order valence-electron chi connectivity index (χ4n) is 4.58. The van der Waals surface area contributed by atoms with Crippen LogP contribution in [-0.4, -0.2) is 42.0 Å². The van der Waals surface area contributed by atoms with E-state index in [-0.39, 0.29) is 17.3 Å². The molecule has 0 aromatic heterocycles. The largest absolute Gasteiger partial charge is 0.507 e. The lowest BCUT2D eigenvalue weighted by Gasteiger charge is -2.35. The summed E-state index contributed by atoms with van der Waals surface area (Å²) < 4.78 is 10.7. The normalized spacial score (nSPS) is 22.3. The monoisotopic (exact) mass is 421 g/mol. The number of Topliss-reactive ketones (excluding diaryl/α,β-unsaturated/α-hetero) is 1. The van der Waals surface area contributed by atoms with Crippen molar-refractivity contribution in [1.82, 2.24) is 4.90 Å². The molecule has 1 fully saturated rings. The Morgan fingerprint density at radius 3 is 2.48 bits per heavy atom. The lowest BCUT2D eigenvalue weighted by molar-refractivity contribution is 0.0600. The maximum Gasteiger partial charge on any atom is 0.337 e. The third-order valence-corrected chi connectivity index (χ3v) is 5.87. The van der Waals surface area contributed by atoms with Crippen LogP contribution in [0.5, 0.6) is 11.5 Å². The number of carbonyl (C=O) groups is 2. The van der Waals surface area contributed by atoms with Gasteiger partial charge in [-0.1, -0.05) is 26.0 Å². The topological polar surface area (TPSA) is 76.1 Å². The van der Waals surface area contributed by atoms with Gasteiger partial charge in [-0.15, -0.1) is 0 Å². The molecule has 162 valence electrons. The molecule has 2 aliphatic heterocycles. The molecule has 0 saturated carbocycles. The summed E-state index contributed by atoms with van der Waals surface area (Å²) in [4.78, 5) is 26.8. The van der Waals surface area contributed by atoms with Crippen LogP contribution in [0.15, 0.2) is 42.2 Å². The molecule has 0 aliphatic carbocycles. The average molecular weight is 421 g/mol. The van der Waals surface area contributed by atoms with Crippen molar-refractivity contribution in [2.24, 2.45) is 11.8 Å². The van der Waals surface area contributed by atoms with Crippen LogP contribution in [0.3, 0.4) is 0 Å². The number of carbonyl (C=O) groups excluding carboxylic acids is 2. The van der Waals surface area contributed by atoms with Crippen molar-refractivity contribution in [3.63, 3.8) is 0 Å². The Kier molecular flexibility index (Phi) is 5.83. The van der Waals surface area contributed by atoms with E-state index in [1.165, 1.54) is 13.5 Å². The fraction of sp³-hybridized carbons (Fsp3) is 0.360. The number of rotatable bonds is 4. The number of ketones is 1. The van der Waals surface area contributed by atoms with Crippen LogP contribution < -0.4 is 4.74 Å². The van der Waals surface area contributed by atoms with Gasteiger partial charge < -0.3 is 14.6 Å². The Labute approximate surface area is 182 Å². The number of hydrogen-bond donors (Lipinski definition) is 1. The minimum absolute atomic E-state index is 0.140. The quantitative estimate of drug-likeness (QED) is 0.587. The molecule has 6 heteroatoms. The van der Waals surface area contributed by atoms with Crippen molar-refractivity contribution in [3.8, 4) is 11.5 Å². The standard InChI is InChI=1S/C25H27NO5/c1-15-10-16(2)13-26(12-15)14-20-21(27)9-8-19-23(28)22(31-24(19)20)11-17-4-6-18(7-5-17)25(29)30-3/h4-9,11,15-16,27H,10,12-14H2,1-3H3/t15-,16-/m0/s1. The van der Waals surface area contributed by atoms with E-state index in [1.807, 2.05) is 0 Å². The Morgan fingerprint density at radius 1 is 1.16 bits per heavy atom. The number of hydrogen-bond acceptors (Lipinski definition) is 6. The summed E-state index contributed by atoms with van der Waals surface area (Å²) in [6, 6.07) is 9.92. The van der Waals surface area contributed by atoms with Gasteiger partial charge in [0, 0.05) is 19.6 Å². The molecular weight excluding hydrogens is 394 g/mol. The number of allylic oxidation sites excluding steroid dienone is 1. The highest BCUT2D eigenvalue weighted by Crippen LogP contribution is 2.40. The van der Waals surface area contributed by atoms with Crippen LogP contribution in [0.2, 0.25) is 0 Å². The molecule has 2 atom stereocenters. The molecule has 1 N–H and O–H groups in total. The molecular formula is C25H27NO5. The lowest BCUT2D eigenvalue weighted by atomic mass is 9.91. The Balaban J connectivity index is 1.59. The van der Waals surface area contributed by atoms with Gasteiger partial charge in [-0.05, 0) is 54.2 Å². The first-order valence-electron chi connectivity index (χ1n) is 10.6. The molecule has 0 amide bonds. The minimum atomic E-state index is -0.415. The van der Waals surface area contributed by atoms with Gasteiger partial charge in [0.25, 0.3) is 0 Å². The lowest BCUT2D eigenvalue weighted by Crippen LogP contribution is -2.38. The van der Waals surface area contributed by atoms with Gasteiger partial charge in [0.15, 0.2) is 5.76 Å². The predicted molar refractivity (Wildman–Crippen MR) is 117 cm³/mol. The number of esters is 1. The molecule has 2 aromatic carbocycles. The highest BCUT2D eigenvalue weighted by Gasteiger charge is 2.32. The molecule has 0 bridgehead atoms. The zero-order valence-electron chi connectivity index (χ0n) is 18.1. The van der Waals surface area contributed by atoms with Crippen molar-refractivity contribution in [2.45, 2.75) is 26.8 Å². The van der Waals surface area contributed by atoms with E-state index >= 15 is 0 Å². The molecule has 1 saturated heterocycles. The number of nitrogens with zero attached hydrogens (tertiary/aromatic N) is 1. The molecule has 0 spiro atoms. The van der Waals surface area contributed by atoms with Crippen molar-refractivity contribution in [1.29, 1.82) is 0 Å². The van der Waals surface area contributed by atoms with E-state index in [2.05, 4.69) is 18.7 Å². The van der Waals surface area contributed by atoms with Crippen LogP contribution in [-0.2, 0) is 11.3 Å².